The van der Waals surface area contributed by atoms with E-state index in [1.807, 2.05) is 6.92 Å². The summed E-state index contributed by atoms with van der Waals surface area (Å²) < 4.78 is 24.4. The van der Waals surface area contributed by atoms with Crippen LogP contribution in [0.4, 0.5) is 10.1 Å². The highest BCUT2D eigenvalue weighted by molar-refractivity contribution is 6.02. The van der Waals surface area contributed by atoms with E-state index >= 15 is 0 Å². The molecule has 0 radical (unpaired) electrons. The molecular weight excluding hydrogens is 375 g/mol. The van der Waals surface area contributed by atoms with Gasteiger partial charge >= 0.3 is 0 Å². The molecule has 6 nitrogen and oxygen atoms in total. The molecule has 29 heavy (non-hydrogen) atoms. The Morgan fingerprint density at radius 3 is 2.66 bits per heavy atom. The van der Waals surface area contributed by atoms with Gasteiger partial charge < -0.3 is 19.8 Å². The summed E-state index contributed by atoms with van der Waals surface area (Å²) in [5, 5.41) is 5.39. The van der Waals surface area contributed by atoms with Crippen LogP contribution in [0.5, 0.6) is 5.75 Å². The lowest BCUT2D eigenvalue weighted by molar-refractivity contribution is -0.119. The third-order valence-electron chi connectivity index (χ3n) is 4.14. The molecule has 7 heteroatoms. The standard InChI is InChI=1S/C22H21FN2O4/c1-14-10-18(28-13-16-4-3-5-17(23)11-16)6-8-20(14)25-22(27)21-9-7-19(29-21)12-24-15(2)26/h3-11H,12-13H2,1-2H3,(H,24,26)(H,25,27). The van der Waals surface area contributed by atoms with Crippen LogP contribution in [0.1, 0.15) is 34.4 Å². The number of furan rings is 1. The number of carbonyl (C=O) groups excluding carboxylic acids is 2. The van der Waals surface area contributed by atoms with Crippen molar-refractivity contribution >= 4 is 17.5 Å². The second kappa shape index (κ2) is 9.05. The molecule has 0 fully saturated rings. The molecule has 1 heterocycles. The topological polar surface area (TPSA) is 80.6 Å². The molecule has 0 bridgehead atoms. The minimum absolute atomic E-state index is 0.149. The maximum Gasteiger partial charge on any atom is 0.291 e. The zero-order valence-electron chi connectivity index (χ0n) is 16.1. The summed E-state index contributed by atoms with van der Waals surface area (Å²) in [7, 11) is 0. The summed E-state index contributed by atoms with van der Waals surface area (Å²) in [5.74, 6) is 0.372. The maximum atomic E-state index is 13.2. The van der Waals surface area contributed by atoms with Crippen LogP contribution in [0.15, 0.2) is 59.0 Å². The van der Waals surface area contributed by atoms with E-state index in [9.17, 15) is 14.0 Å². The fourth-order valence-electron chi connectivity index (χ4n) is 2.65. The largest absolute Gasteiger partial charge is 0.489 e. The first-order chi connectivity index (χ1) is 13.9. The second-order valence-corrected chi connectivity index (χ2v) is 6.53. The second-order valence-electron chi connectivity index (χ2n) is 6.53. The van der Waals surface area contributed by atoms with Crippen LogP contribution in [-0.2, 0) is 17.9 Å². The van der Waals surface area contributed by atoms with Crippen LogP contribution in [0, 0.1) is 12.7 Å². The highest BCUT2D eigenvalue weighted by atomic mass is 19.1. The van der Waals surface area contributed by atoms with E-state index in [0.717, 1.165) is 11.1 Å². The van der Waals surface area contributed by atoms with Crippen molar-refractivity contribution in [2.24, 2.45) is 0 Å². The average molecular weight is 396 g/mol. The molecule has 150 valence electrons. The average Bonchev–Trinajstić information content (AvgIpc) is 3.16. The molecule has 2 amide bonds. The van der Waals surface area contributed by atoms with Gasteiger partial charge in [-0.05, 0) is 60.5 Å². The molecule has 0 saturated carbocycles. The van der Waals surface area contributed by atoms with E-state index in [4.69, 9.17) is 9.15 Å². The van der Waals surface area contributed by atoms with Gasteiger partial charge in [-0.3, -0.25) is 9.59 Å². The fraction of sp³-hybridized carbons (Fsp3) is 0.182. The van der Waals surface area contributed by atoms with Gasteiger partial charge in [-0.25, -0.2) is 4.39 Å². The number of amides is 2. The van der Waals surface area contributed by atoms with Crippen molar-refractivity contribution in [3.8, 4) is 5.75 Å². The van der Waals surface area contributed by atoms with E-state index < -0.39 is 5.91 Å². The Labute approximate surface area is 167 Å². The summed E-state index contributed by atoms with van der Waals surface area (Å²) in [6.07, 6.45) is 0. The van der Waals surface area contributed by atoms with Crippen molar-refractivity contribution in [3.63, 3.8) is 0 Å². The van der Waals surface area contributed by atoms with Gasteiger partial charge in [0.1, 0.15) is 23.9 Å². The van der Waals surface area contributed by atoms with Crippen molar-refractivity contribution in [2.45, 2.75) is 27.0 Å². The molecule has 0 aliphatic carbocycles. The Bertz CT molecular complexity index is 1030. The summed E-state index contributed by atoms with van der Waals surface area (Å²) in [6, 6.07) is 14.7. The number of benzene rings is 2. The highest BCUT2D eigenvalue weighted by Crippen LogP contribution is 2.23. The minimum atomic E-state index is -0.393. The predicted molar refractivity (Wildman–Crippen MR) is 106 cm³/mol. The molecular formula is C22H21FN2O4. The number of carbonyl (C=O) groups is 2. The molecule has 0 aliphatic heterocycles. The number of nitrogens with one attached hydrogen (secondary N) is 2. The SMILES string of the molecule is CC(=O)NCc1ccc(C(=O)Nc2ccc(OCc3cccc(F)c3)cc2C)o1. The number of hydrogen-bond donors (Lipinski definition) is 2. The van der Waals surface area contributed by atoms with Gasteiger partial charge in [-0.1, -0.05) is 12.1 Å². The zero-order valence-corrected chi connectivity index (χ0v) is 16.1. The lowest BCUT2D eigenvalue weighted by atomic mass is 10.2. The van der Waals surface area contributed by atoms with Crippen LogP contribution in [0.2, 0.25) is 0 Å². The number of aryl methyl sites for hydroxylation is 1. The lowest BCUT2D eigenvalue weighted by Gasteiger charge is -2.11. The van der Waals surface area contributed by atoms with E-state index in [1.54, 1.807) is 42.5 Å². The van der Waals surface area contributed by atoms with Crippen molar-refractivity contribution in [3.05, 3.63) is 83.1 Å². The quantitative estimate of drug-likeness (QED) is 0.627. The van der Waals surface area contributed by atoms with Gasteiger partial charge in [-0.2, -0.15) is 0 Å². The van der Waals surface area contributed by atoms with Gasteiger partial charge in [0.15, 0.2) is 5.76 Å². The van der Waals surface area contributed by atoms with Gasteiger partial charge in [0, 0.05) is 12.6 Å². The van der Waals surface area contributed by atoms with E-state index in [1.165, 1.54) is 19.1 Å². The summed E-state index contributed by atoms with van der Waals surface area (Å²) in [6.45, 7) is 3.71. The summed E-state index contributed by atoms with van der Waals surface area (Å²) in [4.78, 5) is 23.3. The Balaban J connectivity index is 1.60. The van der Waals surface area contributed by atoms with Crippen molar-refractivity contribution in [2.75, 3.05) is 5.32 Å². The number of halogens is 1. The molecule has 0 unspecified atom stereocenters. The first kappa shape index (κ1) is 20.1. The van der Waals surface area contributed by atoms with E-state index in [0.29, 0.717) is 17.2 Å². The van der Waals surface area contributed by atoms with Crippen LogP contribution in [0.3, 0.4) is 0 Å². The number of anilines is 1. The highest BCUT2D eigenvalue weighted by Gasteiger charge is 2.13. The lowest BCUT2D eigenvalue weighted by Crippen LogP contribution is -2.18. The Kier molecular flexibility index (Phi) is 6.29. The Morgan fingerprint density at radius 1 is 1.10 bits per heavy atom. The van der Waals surface area contributed by atoms with Crippen LogP contribution < -0.4 is 15.4 Å². The Hall–Kier alpha value is -3.61. The zero-order chi connectivity index (χ0) is 20.8. The molecule has 3 rings (SSSR count). The van der Waals surface area contributed by atoms with Gasteiger partial charge in [0.25, 0.3) is 5.91 Å². The maximum absolute atomic E-state index is 13.2. The monoisotopic (exact) mass is 396 g/mol. The fourth-order valence-corrected chi connectivity index (χ4v) is 2.65. The van der Waals surface area contributed by atoms with Crippen molar-refractivity contribution < 1.29 is 23.1 Å². The first-order valence-corrected chi connectivity index (χ1v) is 9.03. The molecule has 3 aromatic rings. The molecule has 2 aromatic carbocycles. The first-order valence-electron chi connectivity index (χ1n) is 9.03. The molecule has 0 saturated heterocycles. The van der Waals surface area contributed by atoms with Crippen molar-refractivity contribution in [1.29, 1.82) is 0 Å². The summed E-state index contributed by atoms with van der Waals surface area (Å²) in [5.41, 5.74) is 2.15. The number of ether oxygens (including phenoxy) is 1. The molecule has 0 aliphatic rings. The number of hydrogen-bond acceptors (Lipinski definition) is 4. The summed E-state index contributed by atoms with van der Waals surface area (Å²) >= 11 is 0. The third kappa shape index (κ3) is 5.68. The van der Waals surface area contributed by atoms with Crippen molar-refractivity contribution in [1.82, 2.24) is 5.32 Å². The predicted octanol–water partition coefficient (Wildman–Crippen LogP) is 4.19. The van der Waals surface area contributed by atoms with Crippen LogP contribution in [-0.4, -0.2) is 11.8 Å². The van der Waals surface area contributed by atoms with Gasteiger partial charge in [0.2, 0.25) is 5.91 Å². The van der Waals surface area contributed by atoms with Crippen LogP contribution in [0.25, 0.3) is 0 Å². The van der Waals surface area contributed by atoms with E-state index in [2.05, 4.69) is 10.6 Å². The minimum Gasteiger partial charge on any atom is -0.489 e. The molecule has 0 atom stereocenters. The number of rotatable bonds is 7. The van der Waals surface area contributed by atoms with Crippen LogP contribution >= 0.6 is 0 Å². The van der Waals surface area contributed by atoms with Gasteiger partial charge in [0.05, 0.1) is 6.54 Å². The molecule has 2 N–H and O–H groups in total. The third-order valence-corrected chi connectivity index (χ3v) is 4.14. The Morgan fingerprint density at radius 2 is 1.93 bits per heavy atom. The normalized spacial score (nSPS) is 10.4. The smallest absolute Gasteiger partial charge is 0.291 e. The molecule has 0 spiro atoms. The molecule has 1 aromatic heterocycles. The van der Waals surface area contributed by atoms with Gasteiger partial charge in [-0.15, -0.1) is 0 Å². The van der Waals surface area contributed by atoms with E-state index in [-0.39, 0.29) is 30.6 Å².